The molecule has 7 heteroatoms. The Morgan fingerprint density at radius 3 is 2.52 bits per heavy atom. The first-order valence-electron chi connectivity index (χ1n) is 9.51. The molecule has 2 aromatic carbocycles. The molecule has 3 rings (SSSR count). The van der Waals surface area contributed by atoms with E-state index in [1.54, 1.807) is 24.1 Å². The van der Waals surface area contributed by atoms with E-state index in [1.807, 2.05) is 0 Å². The Hall–Kier alpha value is -2.47. The number of nitrogens with zero attached hydrogens (tertiary/aromatic N) is 2. The van der Waals surface area contributed by atoms with Crippen molar-refractivity contribution in [2.24, 2.45) is 11.0 Å². The van der Waals surface area contributed by atoms with Crippen LogP contribution in [0.3, 0.4) is 0 Å². The molecule has 1 heterocycles. The third-order valence-electron chi connectivity index (χ3n) is 5.39. The fraction of sp³-hybridized carbons (Fsp3) is 0.364. The van der Waals surface area contributed by atoms with Gasteiger partial charge in [-0.2, -0.15) is 5.10 Å². The normalized spacial score (nSPS) is 21.2. The third-order valence-corrected chi connectivity index (χ3v) is 5.68. The maximum absolute atomic E-state index is 13.7. The molecule has 1 aliphatic rings. The lowest BCUT2D eigenvalue weighted by Crippen LogP contribution is -2.53. The quantitative estimate of drug-likeness (QED) is 0.573. The van der Waals surface area contributed by atoms with E-state index < -0.39 is 17.3 Å². The molecule has 0 radical (unpaired) electrons. The minimum absolute atomic E-state index is 0.0646. The van der Waals surface area contributed by atoms with Crippen LogP contribution in [0.5, 0.6) is 0 Å². The third kappa shape index (κ3) is 3.86. The SMILES string of the molecule is CCCCC1C(c2ccc(F)cc2)=NN(c2ccc(F)c(Cl)c2)C1(C)C(=O)OC. The summed E-state index contributed by atoms with van der Waals surface area (Å²) in [6, 6.07) is 10.2. The highest BCUT2D eigenvalue weighted by Gasteiger charge is 2.54. The second-order valence-corrected chi connectivity index (χ2v) is 7.64. The Bertz CT molecular complexity index is 933. The van der Waals surface area contributed by atoms with Crippen molar-refractivity contribution in [2.45, 2.75) is 38.6 Å². The summed E-state index contributed by atoms with van der Waals surface area (Å²) in [5.41, 5.74) is 0.697. The van der Waals surface area contributed by atoms with Gasteiger partial charge in [0.2, 0.25) is 0 Å². The number of hydrazone groups is 1. The molecule has 4 nitrogen and oxygen atoms in total. The van der Waals surface area contributed by atoms with Gasteiger partial charge in [-0.1, -0.05) is 43.5 Å². The van der Waals surface area contributed by atoms with Crippen LogP contribution in [0, 0.1) is 17.6 Å². The number of ether oxygens (including phenoxy) is 1. The highest BCUT2D eigenvalue weighted by Crippen LogP contribution is 2.43. The van der Waals surface area contributed by atoms with Gasteiger partial charge in [0, 0.05) is 5.92 Å². The predicted molar refractivity (Wildman–Crippen MR) is 110 cm³/mol. The smallest absolute Gasteiger partial charge is 0.334 e. The summed E-state index contributed by atoms with van der Waals surface area (Å²) in [6.45, 7) is 3.83. The Morgan fingerprint density at radius 1 is 1.24 bits per heavy atom. The van der Waals surface area contributed by atoms with Gasteiger partial charge in [-0.3, -0.25) is 0 Å². The van der Waals surface area contributed by atoms with Crippen molar-refractivity contribution in [3.8, 4) is 0 Å². The summed E-state index contributed by atoms with van der Waals surface area (Å²) in [6.07, 6.45) is 2.49. The lowest BCUT2D eigenvalue weighted by Gasteiger charge is -2.36. The van der Waals surface area contributed by atoms with Gasteiger partial charge in [-0.15, -0.1) is 0 Å². The number of hydrogen-bond acceptors (Lipinski definition) is 4. The van der Waals surface area contributed by atoms with Crippen LogP contribution in [-0.2, 0) is 9.53 Å². The maximum Gasteiger partial charge on any atom is 0.334 e. The molecule has 0 N–H and O–H groups in total. The highest BCUT2D eigenvalue weighted by molar-refractivity contribution is 6.31. The van der Waals surface area contributed by atoms with Crippen LogP contribution in [0.15, 0.2) is 47.6 Å². The summed E-state index contributed by atoms with van der Waals surface area (Å²) >= 11 is 5.98. The predicted octanol–water partition coefficient (Wildman–Crippen LogP) is 5.58. The van der Waals surface area contributed by atoms with E-state index in [0.717, 1.165) is 18.4 Å². The monoisotopic (exact) mass is 420 g/mol. The molecule has 2 aromatic rings. The zero-order valence-electron chi connectivity index (χ0n) is 16.6. The number of halogens is 3. The molecule has 29 heavy (non-hydrogen) atoms. The van der Waals surface area contributed by atoms with E-state index in [1.165, 1.54) is 37.4 Å². The van der Waals surface area contributed by atoms with Crippen LogP contribution in [0.1, 0.15) is 38.7 Å². The van der Waals surface area contributed by atoms with Gasteiger partial charge in [0.15, 0.2) is 5.54 Å². The molecule has 0 saturated carbocycles. The summed E-state index contributed by atoms with van der Waals surface area (Å²) in [7, 11) is 1.33. The van der Waals surface area contributed by atoms with Crippen molar-refractivity contribution in [1.82, 2.24) is 0 Å². The molecule has 0 aliphatic carbocycles. The van der Waals surface area contributed by atoms with Crippen molar-refractivity contribution in [1.29, 1.82) is 0 Å². The standard InChI is InChI=1S/C22H23ClF2N2O2/c1-4-5-6-17-20(14-7-9-15(24)10-8-14)26-27(22(17,2)21(28)29-3)16-11-12-19(25)18(23)13-16/h7-13,17H,4-6H2,1-3H3. The van der Waals surface area contributed by atoms with Crippen molar-refractivity contribution in [2.75, 3.05) is 12.1 Å². The molecular formula is C22H23ClF2N2O2. The van der Waals surface area contributed by atoms with E-state index in [0.29, 0.717) is 17.8 Å². The van der Waals surface area contributed by atoms with Gasteiger partial charge in [-0.25, -0.2) is 18.6 Å². The Balaban J connectivity index is 2.17. The molecule has 0 fully saturated rings. The number of anilines is 1. The first-order chi connectivity index (χ1) is 13.8. The second kappa shape index (κ2) is 8.49. The van der Waals surface area contributed by atoms with E-state index >= 15 is 0 Å². The molecule has 154 valence electrons. The van der Waals surface area contributed by atoms with Crippen molar-refractivity contribution in [3.63, 3.8) is 0 Å². The lowest BCUT2D eigenvalue weighted by atomic mass is 9.77. The zero-order valence-corrected chi connectivity index (χ0v) is 17.3. The number of unbranched alkanes of at least 4 members (excludes halogenated alkanes) is 1. The zero-order chi connectivity index (χ0) is 21.2. The molecule has 0 saturated heterocycles. The topological polar surface area (TPSA) is 41.9 Å². The fourth-order valence-corrected chi connectivity index (χ4v) is 3.95. The molecule has 2 atom stereocenters. The van der Waals surface area contributed by atoms with Crippen LogP contribution >= 0.6 is 11.6 Å². The Kier molecular flexibility index (Phi) is 6.22. The molecule has 0 bridgehead atoms. The number of carbonyl (C=O) groups is 1. The minimum Gasteiger partial charge on any atom is -0.467 e. The van der Waals surface area contributed by atoms with Crippen LogP contribution in [0.4, 0.5) is 14.5 Å². The van der Waals surface area contributed by atoms with Gasteiger partial charge < -0.3 is 4.74 Å². The number of carbonyl (C=O) groups excluding carboxylic acids is 1. The first kappa shape index (κ1) is 21.2. The maximum atomic E-state index is 13.7. The molecule has 0 spiro atoms. The fourth-order valence-electron chi connectivity index (χ4n) is 3.78. The lowest BCUT2D eigenvalue weighted by molar-refractivity contribution is -0.147. The van der Waals surface area contributed by atoms with Gasteiger partial charge in [0.25, 0.3) is 0 Å². The Labute approximate surface area is 174 Å². The van der Waals surface area contributed by atoms with E-state index in [9.17, 15) is 13.6 Å². The van der Waals surface area contributed by atoms with Gasteiger partial charge in [0.1, 0.15) is 11.6 Å². The number of benzene rings is 2. The second-order valence-electron chi connectivity index (χ2n) is 7.24. The summed E-state index contributed by atoms with van der Waals surface area (Å²) < 4.78 is 32.3. The van der Waals surface area contributed by atoms with E-state index in [4.69, 9.17) is 21.4 Å². The number of methoxy groups -OCH3 is 1. The molecule has 2 unspecified atom stereocenters. The van der Waals surface area contributed by atoms with Crippen molar-refractivity contribution in [3.05, 3.63) is 64.7 Å². The summed E-state index contributed by atoms with van der Waals surface area (Å²) in [4.78, 5) is 13.0. The largest absolute Gasteiger partial charge is 0.467 e. The minimum atomic E-state index is -1.16. The molecule has 0 amide bonds. The summed E-state index contributed by atoms with van der Waals surface area (Å²) in [5, 5.41) is 6.21. The number of rotatable bonds is 6. The average Bonchev–Trinajstić information content (AvgIpc) is 3.02. The van der Waals surface area contributed by atoms with Crippen LogP contribution in [-0.4, -0.2) is 24.3 Å². The molecule has 0 aromatic heterocycles. The van der Waals surface area contributed by atoms with Gasteiger partial charge >= 0.3 is 5.97 Å². The van der Waals surface area contributed by atoms with Crippen LogP contribution < -0.4 is 5.01 Å². The first-order valence-corrected chi connectivity index (χ1v) is 9.88. The average molecular weight is 421 g/mol. The van der Waals surface area contributed by atoms with Crippen LogP contribution in [0.25, 0.3) is 0 Å². The van der Waals surface area contributed by atoms with E-state index in [2.05, 4.69) is 6.92 Å². The summed E-state index contributed by atoms with van der Waals surface area (Å²) in [5.74, 6) is -1.67. The molecule has 1 aliphatic heterocycles. The van der Waals surface area contributed by atoms with Crippen molar-refractivity contribution < 1.29 is 18.3 Å². The molecular weight excluding hydrogens is 398 g/mol. The van der Waals surface area contributed by atoms with Gasteiger partial charge in [-0.05, 0) is 49.2 Å². The number of hydrogen-bond donors (Lipinski definition) is 0. The Morgan fingerprint density at radius 2 is 1.93 bits per heavy atom. The number of esters is 1. The highest BCUT2D eigenvalue weighted by atomic mass is 35.5. The van der Waals surface area contributed by atoms with E-state index in [-0.39, 0.29) is 16.8 Å². The van der Waals surface area contributed by atoms with Gasteiger partial charge in [0.05, 0.1) is 23.5 Å². The van der Waals surface area contributed by atoms with Crippen LogP contribution in [0.2, 0.25) is 5.02 Å². The van der Waals surface area contributed by atoms with Crippen molar-refractivity contribution >= 4 is 29.0 Å².